The van der Waals surface area contributed by atoms with Crippen LogP contribution in [0.3, 0.4) is 0 Å². The minimum Gasteiger partial charge on any atom is -0.294 e. The first-order valence-corrected chi connectivity index (χ1v) is 8.67. The molecule has 0 unspecified atom stereocenters. The largest absolute Gasteiger partial charge is 0.294 e. The van der Waals surface area contributed by atoms with Gasteiger partial charge in [-0.05, 0) is 37.0 Å². The molecule has 0 saturated heterocycles. The van der Waals surface area contributed by atoms with E-state index in [0.717, 1.165) is 57.5 Å². The first kappa shape index (κ1) is 14.6. The number of nitrogens with zero attached hydrogens (tertiary/aromatic N) is 3. The van der Waals surface area contributed by atoms with Crippen molar-refractivity contribution < 1.29 is 4.79 Å². The lowest BCUT2D eigenvalue weighted by Gasteiger charge is -2.13. The highest BCUT2D eigenvalue weighted by Crippen LogP contribution is 2.31. The Balaban J connectivity index is 1.99. The highest BCUT2D eigenvalue weighted by molar-refractivity contribution is 9.10. The molecule has 0 N–H and O–H groups in total. The molecule has 2 heterocycles. The molecule has 4 nitrogen and oxygen atoms in total. The Morgan fingerprint density at radius 3 is 2.74 bits per heavy atom. The third-order valence-electron chi connectivity index (χ3n) is 4.35. The van der Waals surface area contributed by atoms with E-state index in [0.29, 0.717) is 6.42 Å². The van der Waals surface area contributed by atoms with Gasteiger partial charge < -0.3 is 0 Å². The maximum atomic E-state index is 12.1. The van der Waals surface area contributed by atoms with Gasteiger partial charge in [-0.1, -0.05) is 35.0 Å². The molecule has 116 valence electrons. The lowest BCUT2D eigenvalue weighted by atomic mass is 9.96. The second-order valence-electron chi connectivity index (χ2n) is 5.83. The predicted molar refractivity (Wildman–Crippen MR) is 92.8 cm³/mol. The Kier molecular flexibility index (Phi) is 3.53. The van der Waals surface area contributed by atoms with Gasteiger partial charge in [0.15, 0.2) is 11.4 Å². The summed E-state index contributed by atoms with van der Waals surface area (Å²) >= 11 is 3.48. The summed E-state index contributed by atoms with van der Waals surface area (Å²) in [4.78, 5) is 16.9. The van der Waals surface area contributed by atoms with E-state index in [-0.39, 0.29) is 5.78 Å². The number of carbonyl (C=O) groups is 1. The molecule has 0 radical (unpaired) electrons. The molecule has 0 spiro atoms. The first-order valence-electron chi connectivity index (χ1n) is 7.87. The van der Waals surface area contributed by atoms with Crippen molar-refractivity contribution in [3.8, 4) is 11.1 Å². The van der Waals surface area contributed by atoms with Crippen LogP contribution in [0.5, 0.6) is 0 Å². The summed E-state index contributed by atoms with van der Waals surface area (Å²) < 4.78 is 2.82. The topological polar surface area (TPSA) is 47.3 Å². The van der Waals surface area contributed by atoms with Gasteiger partial charge in [-0.3, -0.25) is 4.79 Å². The SMILES string of the molecule is CCc1nn2cc3c(nc2c1-c1ccc(Br)cc1)CCCC3=O. The fourth-order valence-electron chi connectivity index (χ4n) is 3.19. The summed E-state index contributed by atoms with van der Waals surface area (Å²) in [6.07, 6.45) is 5.05. The fourth-order valence-corrected chi connectivity index (χ4v) is 3.45. The smallest absolute Gasteiger partial charge is 0.166 e. The molecule has 0 saturated carbocycles. The molecule has 1 aliphatic rings. The highest BCUT2D eigenvalue weighted by atomic mass is 79.9. The Bertz CT molecular complexity index is 912. The van der Waals surface area contributed by atoms with Crippen molar-refractivity contribution in [2.24, 2.45) is 0 Å². The van der Waals surface area contributed by atoms with Crippen LogP contribution in [-0.2, 0) is 12.8 Å². The van der Waals surface area contributed by atoms with Gasteiger partial charge in [-0.2, -0.15) is 5.10 Å². The van der Waals surface area contributed by atoms with Crippen LogP contribution < -0.4 is 0 Å². The molecule has 4 rings (SSSR count). The zero-order valence-electron chi connectivity index (χ0n) is 12.8. The van der Waals surface area contributed by atoms with Crippen LogP contribution in [0.15, 0.2) is 34.9 Å². The number of fused-ring (bicyclic) bond motifs is 2. The molecule has 0 amide bonds. The van der Waals surface area contributed by atoms with Gasteiger partial charge in [0.2, 0.25) is 0 Å². The van der Waals surface area contributed by atoms with Gasteiger partial charge in [-0.25, -0.2) is 9.50 Å². The average molecular weight is 370 g/mol. The Hall–Kier alpha value is -2.01. The van der Waals surface area contributed by atoms with Crippen LogP contribution in [0.1, 0.15) is 41.5 Å². The second-order valence-corrected chi connectivity index (χ2v) is 6.74. The van der Waals surface area contributed by atoms with Gasteiger partial charge in [0.25, 0.3) is 0 Å². The monoisotopic (exact) mass is 369 g/mol. The van der Waals surface area contributed by atoms with Gasteiger partial charge in [-0.15, -0.1) is 0 Å². The highest BCUT2D eigenvalue weighted by Gasteiger charge is 2.22. The van der Waals surface area contributed by atoms with E-state index in [1.807, 2.05) is 18.3 Å². The minimum atomic E-state index is 0.180. The Labute approximate surface area is 142 Å². The van der Waals surface area contributed by atoms with Crippen LogP contribution in [0.2, 0.25) is 0 Å². The van der Waals surface area contributed by atoms with Crippen molar-refractivity contribution >= 4 is 27.4 Å². The molecule has 0 bridgehead atoms. The average Bonchev–Trinajstić information content (AvgIpc) is 2.92. The van der Waals surface area contributed by atoms with Crippen LogP contribution in [0.25, 0.3) is 16.8 Å². The Morgan fingerprint density at radius 2 is 2.00 bits per heavy atom. The third-order valence-corrected chi connectivity index (χ3v) is 4.88. The number of benzene rings is 1. The predicted octanol–water partition coefficient (Wildman–Crippen LogP) is 4.24. The lowest BCUT2D eigenvalue weighted by Crippen LogP contribution is -2.14. The molecule has 1 aliphatic carbocycles. The molecule has 2 aromatic heterocycles. The third kappa shape index (κ3) is 2.39. The zero-order valence-corrected chi connectivity index (χ0v) is 14.4. The summed E-state index contributed by atoms with van der Waals surface area (Å²) in [5.74, 6) is 0.180. The van der Waals surface area contributed by atoms with E-state index in [1.165, 1.54) is 0 Å². The van der Waals surface area contributed by atoms with Crippen LogP contribution >= 0.6 is 15.9 Å². The lowest BCUT2D eigenvalue weighted by molar-refractivity contribution is 0.0971. The number of halogens is 1. The molecule has 23 heavy (non-hydrogen) atoms. The van der Waals surface area contributed by atoms with E-state index in [9.17, 15) is 4.79 Å². The fraction of sp³-hybridized carbons (Fsp3) is 0.278. The number of ketones is 1. The minimum absolute atomic E-state index is 0.180. The number of hydrogen-bond acceptors (Lipinski definition) is 3. The molecule has 1 aromatic carbocycles. The first-order chi connectivity index (χ1) is 11.2. The normalized spacial score (nSPS) is 14.3. The molecular formula is C18H16BrN3O. The molecule has 0 atom stereocenters. The summed E-state index contributed by atoms with van der Waals surface area (Å²) in [5.41, 5.74) is 5.67. The van der Waals surface area contributed by atoms with Crippen molar-refractivity contribution in [1.82, 2.24) is 14.6 Å². The van der Waals surface area contributed by atoms with E-state index in [1.54, 1.807) is 4.52 Å². The van der Waals surface area contributed by atoms with Crippen molar-refractivity contribution in [3.63, 3.8) is 0 Å². The standard InChI is InChI=1S/C18H16BrN3O/c1-2-14-17(11-6-8-12(19)9-7-11)18-20-15-4-3-5-16(23)13(15)10-22(18)21-14/h6-10H,2-5H2,1H3. The number of hydrogen-bond donors (Lipinski definition) is 0. The summed E-state index contributed by atoms with van der Waals surface area (Å²) in [6, 6.07) is 8.21. The van der Waals surface area contributed by atoms with Gasteiger partial charge in [0.1, 0.15) is 0 Å². The number of Topliss-reactive ketones (excluding diaryl/α,β-unsaturated/α-hetero) is 1. The van der Waals surface area contributed by atoms with Gasteiger partial charge in [0, 0.05) is 22.7 Å². The number of carbonyl (C=O) groups excluding carboxylic acids is 1. The molecule has 0 fully saturated rings. The van der Waals surface area contributed by atoms with E-state index in [4.69, 9.17) is 4.98 Å². The van der Waals surface area contributed by atoms with E-state index < -0.39 is 0 Å². The van der Waals surface area contributed by atoms with Gasteiger partial charge >= 0.3 is 0 Å². The van der Waals surface area contributed by atoms with Crippen molar-refractivity contribution in [2.45, 2.75) is 32.6 Å². The van der Waals surface area contributed by atoms with Crippen LogP contribution in [0, 0.1) is 0 Å². The molecule has 3 aromatic rings. The molecular weight excluding hydrogens is 354 g/mol. The summed E-state index contributed by atoms with van der Waals surface area (Å²) in [7, 11) is 0. The quantitative estimate of drug-likeness (QED) is 0.678. The van der Waals surface area contributed by atoms with Crippen LogP contribution in [0.4, 0.5) is 0 Å². The van der Waals surface area contributed by atoms with E-state index in [2.05, 4.69) is 40.1 Å². The van der Waals surface area contributed by atoms with Gasteiger partial charge in [0.05, 0.1) is 17.0 Å². The zero-order chi connectivity index (χ0) is 16.0. The van der Waals surface area contributed by atoms with Crippen molar-refractivity contribution in [3.05, 3.63) is 51.9 Å². The summed E-state index contributed by atoms with van der Waals surface area (Å²) in [5, 5.41) is 4.66. The van der Waals surface area contributed by atoms with E-state index >= 15 is 0 Å². The second kappa shape index (κ2) is 5.57. The number of rotatable bonds is 2. The summed E-state index contributed by atoms with van der Waals surface area (Å²) in [6.45, 7) is 2.09. The maximum Gasteiger partial charge on any atom is 0.166 e. The Morgan fingerprint density at radius 1 is 1.22 bits per heavy atom. The van der Waals surface area contributed by atoms with Crippen molar-refractivity contribution in [1.29, 1.82) is 0 Å². The maximum absolute atomic E-state index is 12.1. The van der Waals surface area contributed by atoms with Crippen molar-refractivity contribution in [2.75, 3.05) is 0 Å². The molecule has 5 heteroatoms. The van der Waals surface area contributed by atoms with Crippen LogP contribution in [-0.4, -0.2) is 20.4 Å². The number of aromatic nitrogens is 3. The number of aryl methyl sites for hydroxylation is 2. The molecule has 0 aliphatic heterocycles.